The van der Waals surface area contributed by atoms with E-state index in [2.05, 4.69) is 5.32 Å². The van der Waals surface area contributed by atoms with E-state index in [-0.39, 0.29) is 24.3 Å². The molecule has 1 aromatic carbocycles. The van der Waals surface area contributed by atoms with Crippen molar-refractivity contribution in [1.82, 2.24) is 0 Å². The van der Waals surface area contributed by atoms with Gasteiger partial charge in [-0.25, -0.2) is 0 Å². The summed E-state index contributed by atoms with van der Waals surface area (Å²) in [6.45, 7) is 5.56. The maximum Gasteiger partial charge on any atom is 0.230 e. The number of amides is 1. The van der Waals surface area contributed by atoms with Crippen molar-refractivity contribution in [3.63, 3.8) is 0 Å². The van der Waals surface area contributed by atoms with Crippen molar-refractivity contribution in [1.29, 1.82) is 0 Å². The number of rotatable bonds is 4. The van der Waals surface area contributed by atoms with Crippen LogP contribution in [0.1, 0.15) is 19.4 Å². The van der Waals surface area contributed by atoms with Gasteiger partial charge in [0, 0.05) is 10.7 Å². The summed E-state index contributed by atoms with van der Waals surface area (Å²) in [7, 11) is 0. The molecular formula is C13H18ClNO2. The van der Waals surface area contributed by atoms with E-state index in [1.54, 1.807) is 18.2 Å². The zero-order valence-electron chi connectivity index (χ0n) is 10.3. The Morgan fingerprint density at radius 2 is 2.12 bits per heavy atom. The highest BCUT2D eigenvalue weighted by atomic mass is 35.5. The van der Waals surface area contributed by atoms with Gasteiger partial charge in [0.1, 0.15) is 0 Å². The fraction of sp³-hybridized carbons (Fsp3) is 0.462. The number of hydrogen-bond acceptors (Lipinski definition) is 2. The van der Waals surface area contributed by atoms with Gasteiger partial charge in [-0.15, -0.1) is 0 Å². The molecule has 0 aliphatic carbocycles. The molecule has 0 saturated carbocycles. The van der Waals surface area contributed by atoms with Gasteiger partial charge in [0.2, 0.25) is 5.91 Å². The molecule has 1 atom stereocenters. The molecule has 0 heterocycles. The van der Waals surface area contributed by atoms with Gasteiger partial charge in [-0.2, -0.15) is 0 Å². The highest BCUT2D eigenvalue weighted by Crippen LogP contribution is 2.21. The molecule has 0 aliphatic rings. The molecule has 1 aromatic rings. The fourth-order valence-corrected chi connectivity index (χ4v) is 1.82. The number of aliphatic hydroxyl groups is 1. The summed E-state index contributed by atoms with van der Waals surface area (Å²) in [6, 6.07) is 5.29. The number of benzene rings is 1. The molecule has 0 saturated heterocycles. The number of aryl methyl sites for hydroxylation is 1. The van der Waals surface area contributed by atoms with Crippen LogP contribution in [0, 0.1) is 18.8 Å². The molecule has 17 heavy (non-hydrogen) atoms. The molecule has 2 N–H and O–H groups in total. The number of aliphatic hydroxyl groups excluding tert-OH is 1. The summed E-state index contributed by atoms with van der Waals surface area (Å²) in [5.74, 6) is -0.439. The van der Waals surface area contributed by atoms with Gasteiger partial charge in [-0.1, -0.05) is 25.4 Å². The standard InChI is InChI=1S/C13H18ClNO2/c1-8(2)11(7-16)13(17)15-12-5-4-10(14)6-9(12)3/h4-6,8,11,16H,7H2,1-3H3,(H,15,17). The van der Waals surface area contributed by atoms with Crippen LogP contribution in [0.15, 0.2) is 18.2 Å². The lowest BCUT2D eigenvalue weighted by atomic mass is 9.96. The van der Waals surface area contributed by atoms with Crippen molar-refractivity contribution in [3.8, 4) is 0 Å². The number of carbonyl (C=O) groups excluding carboxylic acids is 1. The maximum atomic E-state index is 11.9. The highest BCUT2D eigenvalue weighted by molar-refractivity contribution is 6.30. The Labute approximate surface area is 107 Å². The van der Waals surface area contributed by atoms with Crippen molar-refractivity contribution >= 4 is 23.2 Å². The van der Waals surface area contributed by atoms with Crippen molar-refractivity contribution in [2.45, 2.75) is 20.8 Å². The normalized spacial score (nSPS) is 12.6. The van der Waals surface area contributed by atoms with Gasteiger partial charge in [0.25, 0.3) is 0 Å². The first-order chi connectivity index (χ1) is 7.95. The van der Waals surface area contributed by atoms with E-state index in [1.807, 2.05) is 20.8 Å². The van der Waals surface area contributed by atoms with Gasteiger partial charge in [0.15, 0.2) is 0 Å². The molecular weight excluding hydrogens is 238 g/mol. The third-order valence-electron chi connectivity index (χ3n) is 2.78. The lowest BCUT2D eigenvalue weighted by Gasteiger charge is -2.18. The van der Waals surface area contributed by atoms with Crippen molar-refractivity contribution in [2.75, 3.05) is 11.9 Å². The average molecular weight is 256 g/mol. The Hall–Kier alpha value is -1.06. The predicted molar refractivity (Wildman–Crippen MR) is 70.2 cm³/mol. The molecule has 1 amide bonds. The summed E-state index contributed by atoms with van der Waals surface area (Å²) in [5, 5.41) is 12.6. The highest BCUT2D eigenvalue weighted by Gasteiger charge is 2.21. The minimum Gasteiger partial charge on any atom is -0.396 e. The number of nitrogens with one attached hydrogen (secondary N) is 1. The van der Waals surface area contributed by atoms with Crippen LogP contribution < -0.4 is 5.32 Å². The first-order valence-corrected chi connectivity index (χ1v) is 6.01. The van der Waals surface area contributed by atoms with Crippen LogP contribution in [0.5, 0.6) is 0 Å². The second kappa shape index (κ2) is 6.03. The first-order valence-electron chi connectivity index (χ1n) is 5.63. The van der Waals surface area contributed by atoms with E-state index in [4.69, 9.17) is 11.6 Å². The third-order valence-corrected chi connectivity index (χ3v) is 3.02. The molecule has 0 aliphatic heterocycles. The number of carbonyl (C=O) groups is 1. The molecule has 4 heteroatoms. The van der Waals surface area contributed by atoms with Crippen LogP contribution in [0.25, 0.3) is 0 Å². The minimum absolute atomic E-state index is 0.104. The van der Waals surface area contributed by atoms with Gasteiger partial charge >= 0.3 is 0 Å². The number of anilines is 1. The first kappa shape index (κ1) is 14.0. The molecule has 0 radical (unpaired) electrons. The summed E-state index contributed by atoms with van der Waals surface area (Å²) in [5.41, 5.74) is 1.64. The van der Waals surface area contributed by atoms with Crippen molar-refractivity contribution in [3.05, 3.63) is 28.8 Å². The quantitative estimate of drug-likeness (QED) is 0.869. The number of hydrogen-bond donors (Lipinski definition) is 2. The Morgan fingerprint density at radius 1 is 1.47 bits per heavy atom. The molecule has 0 fully saturated rings. The maximum absolute atomic E-state index is 11.9. The van der Waals surface area contributed by atoms with Gasteiger partial charge < -0.3 is 10.4 Å². The second-order valence-corrected chi connectivity index (χ2v) is 4.92. The van der Waals surface area contributed by atoms with Crippen LogP contribution in [0.3, 0.4) is 0 Å². The largest absolute Gasteiger partial charge is 0.396 e. The Morgan fingerprint density at radius 3 is 2.59 bits per heavy atom. The van der Waals surface area contributed by atoms with Crippen LogP contribution in [-0.2, 0) is 4.79 Å². The average Bonchev–Trinajstić information content (AvgIpc) is 2.22. The molecule has 3 nitrogen and oxygen atoms in total. The molecule has 0 spiro atoms. The minimum atomic E-state index is -0.384. The van der Waals surface area contributed by atoms with Gasteiger partial charge in [-0.05, 0) is 36.6 Å². The molecule has 0 aromatic heterocycles. The van der Waals surface area contributed by atoms with E-state index in [9.17, 15) is 9.90 Å². The van der Waals surface area contributed by atoms with E-state index in [0.717, 1.165) is 11.3 Å². The monoisotopic (exact) mass is 255 g/mol. The number of halogens is 1. The SMILES string of the molecule is Cc1cc(Cl)ccc1NC(=O)C(CO)C(C)C. The molecule has 1 unspecified atom stereocenters. The predicted octanol–water partition coefficient (Wildman–Crippen LogP) is 2.85. The zero-order chi connectivity index (χ0) is 13.0. The van der Waals surface area contributed by atoms with Crippen LogP contribution in [0.4, 0.5) is 5.69 Å². The van der Waals surface area contributed by atoms with Gasteiger partial charge in [0.05, 0.1) is 12.5 Å². The van der Waals surface area contributed by atoms with Gasteiger partial charge in [-0.3, -0.25) is 4.79 Å². The molecule has 1 rings (SSSR count). The van der Waals surface area contributed by atoms with Crippen LogP contribution >= 0.6 is 11.6 Å². The molecule has 94 valence electrons. The topological polar surface area (TPSA) is 49.3 Å². The Kier molecular flexibility index (Phi) is 4.97. The lowest BCUT2D eigenvalue weighted by molar-refractivity contribution is -0.122. The van der Waals surface area contributed by atoms with E-state index < -0.39 is 0 Å². The fourth-order valence-electron chi connectivity index (χ4n) is 1.59. The summed E-state index contributed by atoms with van der Waals surface area (Å²) in [6.07, 6.45) is 0. The Bertz CT molecular complexity index is 404. The second-order valence-electron chi connectivity index (χ2n) is 4.48. The smallest absolute Gasteiger partial charge is 0.230 e. The lowest BCUT2D eigenvalue weighted by Crippen LogP contribution is -2.30. The van der Waals surface area contributed by atoms with Crippen molar-refractivity contribution in [2.24, 2.45) is 11.8 Å². The zero-order valence-corrected chi connectivity index (χ0v) is 11.1. The van der Waals surface area contributed by atoms with E-state index in [1.165, 1.54) is 0 Å². The van der Waals surface area contributed by atoms with Crippen LogP contribution in [0.2, 0.25) is 5.02 Å². The summed E-state index contributed by atoms with van der Waals surface area (Å²) < 4.78 is 0. The third kappa shape index (κ3) is 3.72. The van der Waals surface area contributed by atoms with Crippen molar-refractivity contribution < 1.29 is 9.90 Å². The summed E-state index contributed by atoms with van der Waals surface area (Å²) in [4.78, 5) is 11.9. The van der Waals surface area contributed by atoms with E-state index >= 15 is 0 Å². The van der Waals surface area contributed by atoms with E-state index in [0.29, 0.717) is 5.02 Å². The van der Waals surface area contributed by atoms with Crippen LogP contribution in [-0.4, -0.2) is 17.6 Å². The Balaban J connectivity index is 2.80. The molecule has 0 bridgehead atoms. The summed E-state index contributed by atoms with van der Waals surface area (Å²) >= 11 is 5.84.